The highest BCUT2D eigenvalue weighted by atomic mass is 19.3. The largest absolute Gasteiger partial charge is 0.375 e. The maximum atomic E-state index is 14.6. The topological polar surface area (TPSA) is 19.2 Å². The summed E-state index contributed by atoms with van der Waals surface area (Å²) in [6.45, 7) is 0. The number of rotatable bonds is 0. The molecule has 0 aromatic heterocycles. The van der Waals surface area contributed by atoms with E-state index in [4.69, 9.17) is 0 Å². The first-order valence-electron chi connectivity index (χ1n) is 6.13. The van der Waals surface area contributed by atoms with E-state index in [1.165, 1.54) is 37.7 Å². The fourth-order valence-electron chi connectivity index (χ4n) is 2.37. The highest BCUT2D eigenvalue weighted by Crippen LogP contribution is 2.50. The highest BCUT2D eigenvalue weighted by Gasteiger charge is 2.73. The first-order valence-corrected chi connectivity index (χ1v) is 6.13. The van der Waals surface area contributed by atoms with Gasteiger partial charge in [0, 0.05) is 5.23 Å². The molecule has 22 heavy (non-hydrogen) atoms. The van der Waals surface area contributed by atoms with E-state index in [1.54, 1.807) is 0 Å². The van der Waals surface area contributed by atoms with Gasteiger partial charge < -0.3 is 0 Å². The van der Waals surface area contributed by atoms with Gasteiger partial charge in [-0.1, -0.05) is 4.48 Å². The van der Waals surface area contributed by atoms with Gasteiger partial charge in [0.25, 0.3) is 0 Å². The summed E-state index contributed by atoms with van der Waals surface area (Å²) >= 11 is 0. The van der Waals surface area contributed by atoms with Crippen molar-refractivity contribution in [3.63, 3.8) is 0 Å². The van der Waals surface area contributed by atoms with Crippen molar-refractivity contribution in [2.24, 2.45) is 0 Å². The van der Waals surface area contributed by atoms with Gasteiger partial charge in [-0.25, -0.2) is 0 Å². The second kappa shape index (κ2) is 4.99. The lowest BCUT2D eigenvalue weighted by atomic mass is 10.1. The number of alkyl halides is 3. The molecule has 1 unspecified atom stereocenters. The number of fused-ring (bicyclic) bond motifs is 1. The number of halogens is 6. The number of hydrogen-bond acceptors (Lipinski definition) is 3. The fraction of sp³-hybridized carbons (Fsp3) is 0.700. The van der Waals surface area contributed by atoms with E-state index >= 15 is 0 Å². The van der Waals surface area contributed by atoms with Crippen molar-refractivity contribution in [1.82, 2.24) is 25.6 Å². The molecule has 0 aromatic carbocycles. The summed E-state index contributed by atoms with van der Waals surface area (Å²) in [4.78, 5) is 1.28. The van der Waals surface area contributed by atoms with Gasteiger partial charge in [0.05, 0.1) is 34.6 Å². The van der Waals surface area contributed by atoms with E-state index in [9.17, 15) is 26.6 Å². The summed E-state index contributed by atoms with van der Waals surface area (Å²) in [6, 6.07) is -4.31. The fourth-order valence-corrected chi connectivity index (χ4v) is 2.37. The predicted molar refractivity (Wildman–Crippen MR) is 63.0 cm³/mol. The third kappa shape index (κ3) is 2.05. The van der Waals surface area contributed by atoms with Crippen molar-refractivity contribution in [3.8, 4) is 0 Å². The van der Waals surface area contributed by atoms with Gasteiger partial charge >= 0.3 is 17.9 Å². The molecule has 126 valence electrons. The molecule has 2 aliphatic heterocycles. The molecule has 1 atom stereocenters. The van der Waals surface area contributed by atoms with Gasteiger partial charge in [0.1, 0.15) is 5.34 Å². The Kier molecular flexibility index (Phi) is 3.82. The minimum Gasteiger partial charge on any atom is -0.268 e. The number of nitrogens with zero attached hydrogens (tertiary/aromatic N) is 6. The molecule has 0 bridgehead atoms. The minimum atomic E-state index is -4.31. The summed E-state index contributed by atoms with van der Waals surface area (Å²) < 4.78 is 84.1. The monoisotopic (exact) mass is 333 g/mol. The van der Waals surface area contributed by atoms with Crippen molar-refractivity contribution < 1.29 is 31.2 Å². The first kappa shape index (κ1) is 16.8. The molecule has 0 radical (unpaired) electrons. The minimum absolute atomic E-state index is 0.116. The molecule has 0 aromatic rings. The molecular formula is C10H15F6N6+. The Labute approximate surface area is 122 Å². The lowest BCUT2D eigenvalue weighted by molar-refractivity contribution is -0.484. The van der Waals surface area contributed by atoms with E-state index in [1.807, 2.05) is 0 Å². The average molecular weight is 333 g/mol. The standard InChI is InChI=1S/C10H15F6N6/c1-17(2)8(18(3)4)19-7-5-6-9(11,12)20(14)10(7,13)21(15)22(19)16/h5H,6H2,1-4H3/q+1. The third-order valence-corrected chi connectivity index (χ3v) is 3.19. The van der Waals surface area contributed by atoms with Crippen LogP contribution in [0.1, 0.15) is 6.42 Å². The summed E-state index contributed by atoms with van der Waals surface area (Å²) in [5.74, 6) is -4.23. The van der Waals surface area contributed by atoms with Crippen molar-refractivity contribution >= 4 is 5.96 Å². The molecule has 2 heterocycles. The molecule has 0 aliphatic carbocycles. The lowest BCUT2D eigenvalue weighted by Crippen LogP contribution is -2.58. The van der Waals surface area contributed by atoms with Crippen molar-refractivity contribution in [2.75, 3.05) is 28.2 Å². The number of guanidine groups is 1. The zero-order valence-electron chi connectivity index (χ0n) is 12.2. The molecule has 2 rings (SSSR count). The van der Waals surface area contributed by atoms with Crippen molar-refractivity contribution in [1.29, 1.82) is 0 Å². The van der Waals surface area contributed by atoms with E-state index in [-0.39, 0.29) is 5.96 Å². The van der Waals surface area contributed by atoms with Gasteiger partial charge in [-0.2, -0.15) is 13.2 Å². The molecule has 0 saturated carbocycles. The van der Waals surface area contributed by atoms with Crippen molar-refractivity contribution in [2.45, 2.75) is 18.4 Å². The molecule has 0 N–H and O–H groups in total. The van der Waals surface area contributed by atoms with E-state index in [0.717, 1.165) is 0 Å². The smallest absolute Gasteiger partial charge is 0.268 e. The highest BCUT2D eigenvalue weighted by molar-refractivity contribution is 5.76. The molecule has 0 spiro atoms. The molecule has 12 heteroatoms. The van der Waals surface area contributed by atoms with Crippen LogP contribution in [-0.4, -0.2) is 76.3 Å². The van der Waals surface area contributed by atoms with Crippen LogP contribution in [0.15, 0.2) is 11.8 Å². The Bertz CT molecular complexity index is 532. The van der Waals surface area contributed by atoms with Crippen LogP contribution >= 0.6 is 0 Å². The molecule has 1 fully saturated rings. The zero-order valence-corrected chi connectivity index (χ0v) is 12.2. The van der Waals surface area contributed by atoms with E-state index in [0.29, 0.717) is 11.1 Å². The SMILES string of the molecule is CN(C)C(N1C2=CCC(F)(F)N(F)C2(F)N(F)N1F)=[N+](C)C. The van der Waals surface area contributed by atoms with Crippen LogP contribution in [-0.2, 0) is 0 Å². The van der Waals surface area contributed by atoms with Crippen LogP contribution < -0.4 is 0 Å². The number of hydrogen-bond donors (Lipinski definition) is 0. The summed E-state index contributed by atoms with van der Waals surface area (Å²) in [6.07, 6.45) is -0.688. The quantitative estimate of drug-likeness (QED) is 0.166. The van der Waals surface area contributed by atoms with Gasteiger partial charge in [-0.15, -0.1) is 14.0 Å². The van der Waals surface area contributed by atoms with Gasteiger partial charge in [-0.3, -0.25) is 9.48 Å². The Balaban J connectivity index is 2.62. The van der Waals surface area contributed by atoms with E-state index in [2.05, 4.69) is 0 Å². The first-order chi connectivity index (χ1) is 9.96. The van der Waals surface area contributed by atoms with Crippen LogP contribution in [0.5, 0.6) is 0 Å². The van der Waals surface area contributed by atoms with E-state index < -0.39 is 39.8 Å². The second-order valence-corrected chi connectivity index (χ2v) is 5.23. The summed E-state index contributed by atoms with van der Waals surface area (Å²) in [5.41, 5.74) is -0.955. The van der Waals surface area contributed by atoms with Crippen LogP contribution in [0.4, 0.5) is 26.6 Å². The third-order valence-electron chi connectivity index (χ3n) is 3.19. The van der Waals surface area contributed by atoms with Crippen LogP contribution in [0.2, 0.25) is 0 Å². The van der Waals surface area contributed by atoms with Gasteiger partial charge in [0.15, 0.2) is 5.70 Å². The average Bonchev–Trinajstić information content (AvgIpc) is 2.58. The predicted octanol–water partition coefficient (Wildman–Crippen LogP) is 1.38. The molecule has 0 amide bonds. The maximum absolute atomic E-state index is 14.6. The van der Waals surface area contributed by atoms with Crippen LogP contribution in [0.25, 0.3) is 0 Å². The van der Waals surface area contributed by atoms with Crippen LogP contribution in [0, 0.1) is 0 Å². The number of hydrazine groups is 2. The zero-order chi connectivity index (χ0) is 17.0. The Hall–Kier alpha value is -1.53. The Morgan fingerprint density at radius 2 is 1.73 bits per heavy atom. The Morgan fingerprint density at radius 3 is 2.18 bits per heavy atom. The Morgan fingerprint density at radius 1 is 1.18 bits per heavy atom. The second-order valence-electron chi connectivity index (χ2n) is 5.23. The maximum Gasteiger partial charge on any atom is 0.375 e. The molecule has 6 nitrogen and oxygen atoms in total. The molecule has 2 aliphatic rings. The lowest BCUT2D eigenvalue weighted by Gasteiger charge is -2.34. The summed E-state index contributed by atoms with van der Waals surface area (Å²) in [7, 11) is 5.76. The van der Waals surface area contributed by atoms with Crippen molar-refractivity contribution in [3.05, 3.63) is 11.8 Å². The van der Waals surface area contributed by atoms with Crippen LogP contribution in [0.3, 0.4) is 0 Å². The molecule has 1 saturated heterocycles. The normalized spacial score (nSPS) is 29.4. The van der Waals surface area contributed by atoms with Gasteiger partial charge in [0.2, 0.25) is 0 Å². The molecular weight excluding hydrogens is 318 g/mol. The summed E-state index contributed by atoms with van der Waals surface area (Å²) in [5, 5.41) is -3.60. The van der Waals surface area contributed by atoms with Gasteiger partial charge in [-0.05, 0) is 11.2 Å².